The van der Waals surface area contributed by atoms with E-state index in [-0.39, 0.29) is 29.2 Å². The van der Waals surface area contributed by atoms with Crippen LogP contribution in [0.2, 0.25) is 0 Å². The molecule has 8 heteroatoms. The number of thiocarbonyl (C=S) groups is 1. The molecule has 1 saturated heterocycles. The van der Waals surface area contributed by atoms with Crippen molar-refractivity contribution in [3.05, 3.63) is 0 Å². The van der Waals surface area contributed by atoms with Gasteiger partial charge >= 0.3 is 5.97 Å². The molecule has 0 aromatic rings. The fourth-order valence-corrected chi connectivity index (χ4v) is 3.21. The molecule has 0 amide bonds. The van der Waals surface area contributed by atoms with Gasteiger partial charge < -0.3 is 15.7 Å². The van der Waals surface area contributed by atoms with Crippen LogP contribution in [0.5, 0.6) is 0 Å². The van der Waals surface area contributed by atoms with Crippen LogP contribution in [0.1, 0.15) is 6.42 Å². The third-order valence-electron chi connectivity index (χ3n) is 1.97. The van der Waals surface area contributed by atoms with Gasteiger partial charge in [-0.1, -0.05) is 0 Å². The highest BCUT2D eigenvalue weighted by Crippen LogP contribution is 2.10. The Morgan fingerprint density at radius 1 is 1.53 bits per heavy atom. The number of nitrogens with one attached hydrogen (secondary N) is 2. The Morgan fingerprint density at radius 2 is 2.20 bits per heavy atom. The van der Waals surface area contributed by atoms with Crippen LogP contribution >= 0.6 is 12.2 Å². The summed E-state index contributed by atoms with van der Waals surface area (Å²) in [6.07, 6.45) is 0.511. The average Bonchev–Trinajstić information content (AvgIpc) is 2.42. The van der Waals surface area contributed by atoms with E-state index in [4.69, 9.17) is 17.3 Å². The van der Waals surface area contributed by atoms with E-state index >= 15 is 0 Å². The third-order valence-corrected chi connectivity index (χ3v) is 4.00. The van der Waals surface area contributed by atoms with Crippen molar-refractivity contribution in [2.75, 3.05) is 18.1 Å². The van der Waals surface area contributed by atoms with Gasteiger partial charge in [0.2, 0.25) is 0 Å². The van der Waals surface area contributed by atoms with Gasteiger partial charge in [0, 0.05) is 6.04 Å². The van der Waals surface area contributed by atoms with Crippen molar-refractivity contribution in [3.8, 4) is 0 Å². The molecule has 0 aromatic carbocycles. The van der Waals surface area contributed by atoms with E-state index in [1.165, 1.54) is 0 Å². The lowest BCUT2D eigenvalue weighted by Crippen LogP contribution is -2.44. The fraction of sp³-hybridized carbons (Fsp3) is 0.714. The van der Waals surface area contributed by atoms with Gasteiger partial charge in [-0.25, -0.2) is 8.42 Å². The molecule has 1 heterocycles. The summed E-state index contributed by atoms with van der Waals surface area (Å²) >= 11 is 4.80. The van der Waals surface area contributed by atoms with Crippen LogP contribution in [0.4, 0.5) is 0 Å². The number of sulfone groups is 1. The van der Waals surface area contributed by atoms with Gasteiger partial charge in [0.1, 0.15) is 6.54 Å². The summed E-state index contributed by atoms with van der Waals surface area (Å²) in [5.41, 5.74) is 0. The van der Waals surface area contributed by atoms with Crippen molar-refractivity contribution in [2.24, 2.45) is 0 Å². The highest BCUT2D eigenvalue weighted by Gasteiger charge is 2.28. The second-order valence-corrected chi connectivity index (χ2v) is 5.96. The summed E-state index contributed by atoms with van der Waals surface area (Å²) in [5, 5.41) is 13.8. The van der Waals surface area contributed by atoms with E-state index in [9.17, 15) is 13.2 Å². The number of carboxylic acid groups (broad SMARTS) is 1. The largest absolute Gasteiger partial charge is 0.480 e. The first-order valence-electron chi connectivity index (χ1n) is 4.35. The normalized spacial score (nSPS) is 23.3. The molecule has 0 aromatic heterocycles. The van der Waals surface area contributed by atoms with Crippen LogP contribution < -0.4 is 10.6 Å². The van der Waals surface area contributed by atoms with E-state index in [0.717, 1.165) is 0 Å². The monoisotopic (exact) mass is 252 g/mol. The minimum absolute atomic E-state index is 0.0574. The summed E-state index contributed by atoms with van der Waals surface area (Å²) in [6, 6.07) is -0.205. The van der Waals surface area contributed by atoms with E-state index in [1.54, 1.807) is 0 Å². The number of hydrogen-bond donors (Lipinski definition) is 3. The Bertz CT molecular complexity index is 365. The van der Waals surface area contributed by atoms with Crippen molar-refractivity contribution in [1.82, 2.24) is 10.6 Å². The molecule has 0 bridgehead atoms. The molecular weight excluding hydrogens is 240 g/mol. The summed E-state index contributed by atoms with van der Waals surface area (Å²) < 4.78 is 22.2. The van der Waals surface area contributed by atoms with Crippen LogP contribution in [0, 0.1) is 0 Å². The van der Waals surface area contributed by atoms with Crippen LogP contribution in [0.25, 0.3) is 0 Å². The zero-order valence-electron chi connectivity index (χ0n) is 7.89. The molecular formula is C7H12N2O4S2. The summed E-state index contributed by atoms with van der Waals surface area (Å²) in [6.45, 7) is -0.273. The topological polar surface area (TPSA) is 95.5 Å². The van der Waals surface area contributed by atoms with Gasteiger partial charge in [0.15, 0.2) is 14.9 Å². The third kappa shape index (κ3) is 4.43. The van der Waals surface area contributed by atoms with Gasteiger partial charge in [-0.05, 0) is 18.6 Å². The molecule has 0 spiro atoms. The lowest BCUT2D eigenvalue weighted by atomic mass is 10.3. The van der Waals surface area contributed by atoms with Crippen molar-refractivity contribution in [1.29, 1.82) is 0 Å². The quantitative estimate of drug-likeness (QED) is 0.539. The van der Waals surface area contributed by atoms with Crippen molar-refractivity contribution in [3.63, 3.8) is 0 Å². The number of aliphatic carboxylic acids is 1. The average molecular weight is 252 g/mol. The summed E-state index contributed by atoms with van der Waals surface area (Å²) in [5.74, 6) is -0.799. The molecule has 86 valence electrons. The van der Waals surface area contributed by atoms with E-state index in [2.05, 4.69) is 10.6 Å². The first-order valence-corrected chi connectivity index (χ1v) is 6.58. The van der Waals surface area contributed by atoms with Crippen molar-refractivity contribution < 1.29 is 18.3 Å². The summed E-state index contributed by atoms with van der Waals surface area (Å²) in [4.78, 5) is 10.2. The fourth-order valence-electron chi connectivity index (χ4n) is 1.30. The SMILES string of the molecule is O=C(O)CNC(=S)N[C@H]1CCS(=O)(=O)C1. The maximum absolute atomic E-state index is 11.1. The second kappa shape index (κ2) is 4.75. The summed E-state index contributed by atoms with van der Waals surface area (Å²) in [7, 11) is -2.94. The lowest BCUT2D eigenvalue weighted by Gasteiger charge is -2.13. The van der Waals surface area contributed by atoms with Crippen LogP contribution in [0.3, 0.4) is 0 Å². The molecule has 15 heavy (non-hydrogen) atoms. The van der Waals surface area contributed by atoms with Crippen LogP contribution in [-0.4, -0.2) is 48.7 Å². The van der Waals surface area contributed by atoms with Gasteiger partial charge in [-0.15, -0.1) is 0 Å². The molecule has 0 radical (unpaired) electrons. The molecule has 6 nitrogen and oxygen atoms in total. The molecule has 1 aliphatic heterocycles. The minimum atomic E-state index is -2.94. The Balaban J connectivity index is 2.31. The molecule has 1 rings (SSSR count). The maximum atomic E-state index is 11.1. The predicted octanol–water partition coefficient (Wildman–Crippen LogP) is -1.28. The minimum Gasteiger partial charge on any atom is -0.480 e. The highest BCUT2D eigenvalue weighted by atomic mass is 32.2. The van der Waals surface area contributed by atoms with E-state index in [0.29, 0.717) is 6.42 Å². The molecule has 0 saturated carbocycles. The number of hydrogen-bond acceptors (Lipinski definition) is 4. The first-order chi connectivity index (χ1) is 6.89. The second-order valence-electron chi connectivity index (χ2n) is 3.32. The smallest absolute Gasteiger partial charge is 0.322 e. The van der Waals surface area contributed by atoms with Crippen LogP contribution in [-0.2, 0) is 14.6 Å². The van der Waals surface area contributed by atoms with Gasteiger partial charge in [-0.2, -0.15) is 0 Å². The van der Waals surface area contributed by atoms with Crippen LogP contribution in [0.15, 0.2) is 0 Å². The first kappa shape index (κ1) is 12.2. The Labute approximate surface area is 93.0 Å². The Kier molecular flexibility index (Phi) is 3.86. The zero-order chi connectivity index (χ0) is 11.5. The highest BCUT2D eigenvalue weighted by molar-refractivity contribution is 7.91. The molecule has 1 atom stereocenters. The Morgan fingerprint density at radius 3 is 2.67 bits per heavy atom. The lowest BCUT2D eigenvalue weighted by molar-refractivity contribution is -0.135. The molecule has 0 aliphatic carbocycles. The zero-order valence-corrected chi connectivity index (χ0v) is 9.53. The van der Waals surface area contributed by atoms with E-state index in [1.807, 2.05) is 0 Å². The van der Waals surface area contributed by atoms with Crippen molar-refractivity contribution in [2.45, 2.75) is 12.5 Å². The van der Waals surface area contributed by atoms with Gasteiger partial charge in [-0.3, -0.25) is 4.79 Å². The number of carbonyl (C=O) groups is 1. The molecule has 1 aliphatic rings. The predicted molar refractivity (Wildman–Crippen MR) is 58.4 cm³/mol. The van der Waals surface area contributed by atoms with E-state index < -0.39 is 15.8 Å². The molecule has 3 N–H and O–H groups in total. The van der Waals surface area contributed by atoms with Gasteiger partial charge in [0.05, 0.1) is 11.5 Å². The maximum Gasteiger partial charge on any atom is 0.322 e. The number of rotatable bonds is 3. The molecule has 0 unspecified atom stereocenters. The Hall–Kier alpha value is -0.890. The molecule has 1 fully saturated rings. The van der Waals surface area contributed by atoms with Crippen molar-refractivity contribution >= 4 is 33.1 Å². The van der Waals surface area contributed by atoms with Gasteiger partial charge in [0.25, 0.3) is 0 Å². The standard InChI is InChI=1S/C7H12N2O4S2/c10-6(11)3-8-7(14)9-5-1-2-15(12,13)4-5/h5H,1-4H2,(H,10,11)(H2,8,9,14)/t5-/m0/s1. The number of carboxylic acids is 1.